The Hall–Kier alpha value is -3.31. The molecule has 4 rings (SSSR count). The molecular weight excluding hydrogens is 776 g/mol. The Balaban J connectivity index is 1.86. The van der Waals surface area contributed by atoms with Gasteiger partial charge >= 0.3 is 5.97 Å². The van der Waals surface area contributed by atoms with Crippen LogP contribution in [0.25, 0.3) is 0 Å². The highest BCUT2D eigenvalue weighted by atomic mass is 16.7. The molecule has 15 heteroatoms. The van der Waals surface area contributed by atoms with Gasteiger partial charge in [0.1, 0.15) is 31.5 Å². The van der Waals surface area contributed by atoms with Gasteiger partial charge in [0.05, 0.1) is 24.4 Å². The zero-order valence-electron chi connectivity index (χ0n) is 37.0. The molecule has 0 aromatic carbocycles. The summed E-state index contributed by atoms with van der Waals surface area (Å²) in [6.45, 7) is 12.9. The third kappa shape index (κ3) is 11.4. The van der Waals surface area contributed by atoms with Crippen molar-refractivity contribution in [3.05, 3.63) is 36.0 Å². The van der Waals surface area contributed by atoms with E-state index in [1.807, 2.05) is 26.0 Å². The van der Waals surface area contributed by atoms with Gasteiger partial charge in [0.25, 0.3) is 11.7 Å². The molecule has 3 N–H and O–H groups in total. The summed E-state index contributed by atoms with van der Waals surface area (Å²) in [5.41, 5.74) is 1.18. The Kier molecular flexibility index (Phi) is 18.2. The second kappa shape index (κ2) is 22.2. The van der Waals surface area contributed by atoms with E-state index in [-0.39, 0.29) is 43.4 Å². The maximum atomic E-state index is 14.5. The molecule has 0 aromatic rings. The second-order valence-electron chi connectivity index (χ2n) is 17.5. The van der Waals surface area contributed by atoms with E-state index < -0.39 is 95.8 Å². The van der Waals surface area contributed by atoms with Gasteiger partial charge in [0, 0.05) is 45.6 Å². The van der Waals surface area contributed by atoms with E-state index >= 15 is 0 Å². The van der Waals surface area contributed by atoms with Crippen LogP contribution in [0.5, 0.6) is 0 Å². The van der Waals surface area contributed by atoms with E-state index in [4.69, 9.17) is 28.5 Å². The molecule has 1 saturated carbocycles. The number of esters is 1. The van der Waals surface area contributed by atoms with Crippen LogP contribution < -0.4 is 0 Å². The summed E-state index contributed by atoms with van der Waals surface area (Å²) in [7, 11) is 5.84. The van der Waals surface area contributed by atoms with Gasteiger partial charge in [-0.2, -0.15) is 0 Å². The monoisotopic (exact) mass is 846 g/mol. The number of fused-ring (bicyclic) bond motifs is 3. The summed E-state index contributed by atoms with van der Waals surface area (Å²) in [6, 6.07) is -1.21. The number of oxime groups is 1. The number of hydrogen-bond acceptors (Lipinski definition) is 14. The molecule has 3 fully saturated rings. The fourth-order valence-electron chi connectivity index (χ4n) is 9.59. The molecule has 14 atom stereocenters. The molecule has 338 valence electrons. The zero-order valence-corrected chi connectivity index (χ0v) is 37.0. The van der Waals surface area contributed by atoms with Crippen LogP contribution in [0, 0.1) is 29.6 Å². The summed E-state index contributed by atoms with van der Waals surface area (Å²) in [4.78, 5) is 63.7. The summed E-state index contributed by atoms with van der Waals surface area (Å²) < 4.78 is 29.8. The lowest BCUT2D eigenvalue weighted by Gasteiger charge is -2.47. The molecule has 60 heavy (non-hydrogen) atoms. The molecule has 2 saturated heterocycles. The van der Waals surface area contributed by atoms with Gasteiger partial charge in [-0.05, 0) is 95.5 Å². The maximum absolute atomic E-state index is 14.5. The van der Waals surface area contributed by atoms with Gasteiger partial charge in [-0.15, -0.1) is 6.58 Å². The number of nitrogens with zero attached hydrogens (tertiary/aromatic N) is 2. The quantitative estimate of drug-likeness (QED) is 0.136. The Morgan fingerprint density at radius 3 is 2.27 bits per heavy atom. The van der Waals surface area contributed by atoms with Crippen molar-refractivity contribution in [3.8, 4) is 0 Å². The molecule has 3 heterocycles. The maximum Gasteiger partial charge on any atom is 0.329 e. The Bertz CT molecular complexity index is 1610. The van der Waals surface area contributed by atoms with E-state index in [9.17, 15) is 34.5 Å². The first-order valence-electron chi connectivity index (χ1n) is 21.5. The lowest BCUT2D eigenvalue weighted by Crippen LogP contribution is -2.64. The molecule has 3 aliphatic heterocycles. The molecular formula is C45H70N2O13. The molecule has 2 bridgehead atoms. The summed E-state index contributed by atoms with van der Waals surface area (Å²) in [5, 5.41) is 38.7. The number of aliphatic hydroxyl groups is 3. The van der Waals surface area contributed by atoms with E-state index in [2.05, 4.69) is 11.7 Å². The number of carbonyl (C=O) groups is 4. The van der Waals surface area contributed by atoms with Crippen molar-refractivity contribution in [1.82, 2.24) is 4.90 Å². The van der Waals surface area contributed by atoms with Crippen LogP contribution in [0.15, 0.2) is 41.1 Å². The average molecular weight is 847 g/mol. The minimum absolute atomic E-state index is 0.0494. The number of hydrogen-bond donors (Lipinski definition) is 3. The predicted molar refractivity (Wildman–Crippen MR) is 222 cm³/mol. The van der Waals surface area contributed by atoms with Crippen molar-refractivity contribution < 1.29 is 63.0 Å². The lowest BCUT2D eigenvalue weighted by molar-refractivity contribution is -0.302. The highest BCUT2D eigenvalue weighted by Gasteiger charge is 2.56. The van der Waals surface area contributed by atoms with Crippen molar-refractivity contribution in [2.24, 2.45) is 34.7 Å². The number of cyclic esters (lactones) is 1. The van der Waals surface area contributed by atoms with Gasteiger partial charge in [-0.25, -0.2) is 4.79 Å². The largest absolute Gasteiger partial charge is 0.456 e. The fourth-order valence-corrected chi connectivity index (χ4v) is 9.59. The average Bonchev–Trinajstić information content (AvgIpc) is 3.23. The van der Waals surface area contributed by atoms with E-state index in [0.29, 0.717) is 50.5 Å². The first-order valence-corrected chi connectivity index (χ1v) is 21.5. The Labute approximate surface area is 355 Å². The number of ether oxygens (including phenoxy) is 5. The number of allylic oxidation sites excluding steroid dienone is 4. The van der Waals surface area contributed by atoms with Crippen molar-refractivity contribution >= 4 is 29.2 Å². The van der Waals surface area contributed by atoms with Crippen LogP contribution >= 0.6 is 0 Å². The van der Waals surface area contributed by atoms with Crippen LogP contribution in [0.3, 0.4) is 0 Å². The zero-order chi connectivity index (χ0) is 44.5. The first-order chi connectivity index (χ1) is 28.4. The number of methoxy groups -OCH3 is 3. The standard InChI is InChI=1S/C45H70N2O13/c1-11-14-31-20-25(2)19-26(3)21-35(56-8)41-36(57-9)23-28(5)45(54,60-41)42(51)43(52)47-18-13-12-15-32(47)44(53)59-40(29(6)38(49)37(39(31)50)46-58-10)27(4)22-30-16-17-33(48)34(24-30)55-7/h11,20,22,26,28-36,38,40-41,48-49,54H,1,12-19,21,23-24H2,2-10H3/b25-20+,27-22?,46-37?. The van der Waals surface area contributed by atoms with Crippen LogP contribution in [-0.2, 0) is 47.7 Å². The molecule has 0 radical (unpaired) electrons. The number of rotatable bonds is 8. The number of Topliss-reactive ketones (excluding diaryl/α,β-unsaturated/α-hetero) is 2. The van der Waals surface area contributed by atoms with Crippen molar-refractivity contribution in [2.45, 2.75) is 153 Å². The highest BCUT2D eigenvalue weighted by molar-refractivity contribution is 6.42. The van der Waals surface area contributed by atoms with Gasteiger partial charge in [0.2, 0.25) is 5.79 Å². The first kappa shape index (κ1) is 49.3. The van der Waals surface area contributed by atoms with E-state index in [0.717, 1.165) is 10.5 Å². The van der Waals surface area contributed by atoms with Gasteiger partial charge in [-0.1, -0.05) is 49.7 Å². The van der Waals surface area contributed by atoms with Crippen LogP contribution in [0.4, 0.5) is 0 Å². The van der Waals surface area contributed by atoms with Gasteiger partial charge in [-0.3, -0.25) is 14.4 Å². The second-order valence-corrected chi connectivity index (χ2v) is 17.5. The number of aliphatic hydroxyl groups excluding tert-OH is 2. The van der Waals surface area contributed by atoms with Crippen LogP contribution in [0.2, 0.25) is 0 Å². The molecule has 0 aromatic heterocycles. The smallest absolute Gasteiger partial charge is 0.329 e. The van der Waals surface area contributed by atoms with Crippen LogP contribution in [0.1, 0.15) is 98.8 Å². The summed E-state index contributed by atoms with van der Waals surface area (Å²) in [5.74, 6) is -8.84. The predicted octanol–water partition coefficient (Wildman–Crippen LogP) is 4.25. The third-order valence-corrected chi connectivity index (χ3v) is 13.0. The molecule has 1 aliphatic carbocycles. The number of carbonyl (C=O) groups excluding carboxylic acids is 4. The third-order valence-electron chi connectivity index (χ3n) is 13.0. The summed E-state index contributed by atoms with van der Waals surface area (Å²) in [6.07, 6.45) is 3.68. The van der Waals surface area contributed by atoms with Crippen molar-refractivity contribution in [1.29, 1.82) is 0 Å². The molecule has 1 amide bonds. The van der Waals surface area contributed by atoms with Crippen molar-refractivity contribution in [2.75, 3.05) is 35.0 Å². The Morgan fingerprint density at radius 2 is 1.63 bits per heavy atom. The van der Waals surface area contributed by atoms with Gasteiger partial charge in [0.15, 0.2) is 11.5 Å². The van der Waals surface area contributed by atoms with E-state index in [1.165, 1.54) is 21.3 Å². The normalized spacial score (nSPS) is 40.2. The Morgan fingerprint density at radius 1 is 0.967 bits per heavy atom. The minimum atomic E-state index is -2.54. The molecule has 4 aliphatic rings. The number of ketones is 2. The van der Waals surface area contributed by atoms with Crippen LogP contribution in [-0.4, -0.2) is 139 Å². The topological polar surface area (TPSA) is 200 Å². The molecule has 14 unspecified atom stereocenters. The SMILES string of the molecule is C=CCC1/C=C(\C)CC(C)CC(OC)C2OC(O)(C(=O)C(=O)N3CCCCC3C(=O)OC(C(C)=CC3CCC(O)C(OC)C3)C(C)C(O)C(=NOC)C1=O)C(C)CC2OC. The van der Waals surface area contributed by atoms with Crippen molar-refractivity contribution in [3.63, 3.8) is 0 Å². The lowest BCUT2D eigenvalue weighted by atomic mass is 9.81. The van der Waals surface area contributed by atoms with E-state index in [1.54, 1.807) is 34.0 Å². The summed E-state index contributed by atoms with van der Waals surface area (Å²) >= 11 is 0. The van der Waals surface area contributed by atoms with Gasteiger partial charge < -0.3 is 48.7 Å². The number of piperidine rings is 1. The molecule has 0 spiro atoms. The molecule has 15 nitrogen and oxygen atoms in total. The fraction of sp³-hybridized carbons (Fsp3) is 0.756. The number of amides is 1. The minimum Gasteiger partial charge on any atom is -0.456 e. The highest BCUT2D eigenvalue weighted by Crippen LogP contribution is 2.39.